The third kappa shape index (κ3) is 5.34. The van der Waals surface area contributed by atoms with Crippen LogP contribution in [-0.4, -0.2) is 30.1 Å². The number of benzene rings is 1. The van der Waals surface area contributed by atoms with Gasteiger partial charge in [-0.2, -0.15) is 0 Å². The second kappa shape index (κ2) is 8.12. The van der Waals surface area contributed by atoms with Gasteiger partial charge < -0.3 is 10.4 Å². The van der Waals surface area contributed by atoms with Crippen molar-refractivity contribution in [1.29, 1.82) is 0 Å². The SMILES string of the molecule is CCNC(CO)CCSc1ccc(Br)cc1. The molecular weight excluding hydrogens is 286 g/mol. The van der Waals surface area contributed by atoms with Gasteiger partial charge in [-0.1, -0.05) is 22.9 Å². The van der Waals surface area contributed by atoms with Gasteiger partial charge in [0.25, 0.3) is 0 Å². The lowest BCUT2D eigenvalue weighted by molar-refractivity contribution is 0.242. The molecule has 0 aliphatic carbocycles. The molecule has 0 radical (unpaired) electrons. The summed E-state index contributed by atoms with van der Waals surface area (Å²) in [5.41, 5.74) is 0. The summed E-state index contributed by atoms with van der Waals surface area (Å²) >= 11 is 5.24. The first-order valence-corrected chi connectivity index (χ1v) is 7.26. The highest BCUT2D eigenvalue weighted by atomic mass is 79.9. The van der Waals surface area contributed by atoms with Crippen molar-refractivity contribution in [2.45, 2.75) is 24.3 Å². The molecule has 16 heavy (non-hydrogen) atoms. The molecule has 1 unspecified atom stereocenters. The summed E-state index contributed by atoms with van der Waals surface area (Å²) in [6, 6.07) is 8.55. The fourth-order valence-electron chi connectivity index (χ4n) is 1.40. The monoisotopic (exact) mass is 303 g/mol. The lowest BCUT2D eigenvalue weighted by Crippen LogP contribution is -2.32. The Balaban J connectivity index is 2.26. The lowest BCUT2D eigenvalue weighted by Gasteiger charge is -2.14. The predicted molar refractivity (Wildman–Crippen MR) is 74.0 cm³/mol. The van der Waals surface area contributed by atoms with Gasteiger partial charge in [0, 0.05) is 15.4 Å². The Kier molecular flexibility index (Phi) is 7.12. The van der Waals surface area contributed by atoms with Crippen LogP contribution in [0, 0.1) is 0 Å². The van der Waals surface area contributed by atoms with Crippen LogP contribution in [0.1, 0.15) is 13.3 Å². The minimum atomic E-state index is 0.217. The van der Waals surface area contributed by atoms with Crippen LogP contribution >= 0.6 is 27.7 Å². The molecule has 90 valence electrons. The van der Waals surface area contributed by atoms with E-state index in [4.69, 9.17) is 5.11 Å². The molecule has 0 aliphatic rings. The predicted octanol–water partition coefficient (Wildman–Crippen LogP) is 2.90. The second-order valence-corrected chi connectivity index (χ2v) is 5.61. The summed E-state index contributed by atoms with van der Waals surface area (Å²) in [5, 5.41) is 12.4. The van der Waals surface area contributed by atoms with Crippen molar-refractivity contribution in [2.24, 2.45) is 0 Å². The van der Waals surface area contributed by atoms with Crippen molar-refractivity contribution in [3.8, 4) is 0 Å². The minimum absolute atomic E-state index is 0.217. The van der Waals surface area contributed by atoms with Gasteiger partial charge in [-0.05, 0) is 43.0 Å². The highest BCUT2D eigenvalue weighted by Crippen LogP contribution is 2.21. The molecule has 0 aromatic heterocycles. The lowest BCUT2D eigenvalue weighted by atomic mass is 10.2. The maximum atomic E-state index is 9.11. The number of halogens is 1. The average molecular weight is 304 g/mol. The zero-order valence-corrected chi connectivity index (χ0v) is 11.9. The molecule has 1 atom stereocenters. The number of hydrogen-bond acceptors (Lipinski definition) is 3. The van der Waals surface area contributed by atoms with Gasteiger partial charge in [0.2, 0.25) is 0 Å². The van der Waals surface area contributed by atoms with Crippen LogP contribution < -0.4 is 5.32 Å². The van der Waals surface area contributed by atoms with Gasteiger partial charge in [-0.25, -0.2) is 0 Å². The number of aliphatic hydroxyl groups excluding tert-OH is 1. The number of rotatable bonds is 7. The first-order valence-electron chi connectivity index (χ1n) is 5.49. The quantitative estimate of drug-likeness (QED) is 0.760. The van der Waals surface area contributed by atoms with E-state index in [1.807, 2.05) is 11.8 Å². The average Bonchev–Trinajstić information content (AvgIpc) is 2.30. The fourth-order valence-corrected chi connectivity index (χ4v) is 2.63. The van der Waals surface area contributed by atoms with Gasteiger partial charge in [0.1, 0.15) is 0 Å². The van der Waals surface area contributed by atoms with Gasteiger partial charge in [-0.15, -0.1) is 11.8 Å². The molecule has 0 aliphatic heterocycles. The van der Waals surface area contributed by atoms with Crippen LogP contribution in [0.3, 0.4) is 0 Å². The van der Waals surface area contributed by atoms with E-state index in [1.165, 1.54) is 4.90 Å². The third-order valence-corrected chi connectivity index (χ3v) is 3.84. The van der Waals surface area contributed by atoms with E-state index in [0.717, 1.165) is 23.2 Å². The van der Waals surface area contributed by atoms with Gasteiger partial charge in [-0.3, -0.25) is 0 Å². The molecule has 2 nitrogen and oxygen atoms in total. The molecule has 0 heterocycles. The molecule has 0 fully saturated rings. The van der Waals surface area contributed by atoms with Crippen LogP contribution in [0.25, 0.3) is 0 Å². The van der Waals surface area contributed by atoms with Crippen LogP contribution in [-0.2, 0) is 0 Å². The number of likely N-dealkylation sites (N-methyl/N-ethyl adjacent to an activating group) is 1. The molecule has 2 N–H and O–H groups in total. The van der Waals surface area contributed by atoms with Gasteiger partial charge >= 0.3 is 0 Å². The Morgan fingerprint density at radius 3 is 2.62 bits per heavy atom. The first-order chi connectivity index (χ1) is 7.76. The Hall–Kier alpha value is -0.0300. The normalized spacial score (nSPS) is 12.7. The van der Waals surface area contributed by atoms with Crippen LogP contribution in [0.5, 0.6) is 0 Å². The van der Waals surface area contributed by atoms with E-state index < -0.39 is 0 Å². The van der Waals surface area contributed by atoms with Gasteiger partial charge in [0.15, 0.2) is 0 Å². The molecule has 0 saturated heterocycles. The zero-order valence-electron chi connectivity index (χ0n) is 9.45. The van der Waals surface area contributed by atoms with E-state index in [0.29, 0.717) is 0 Å². The molecule has 0 saturated carbocycles. The summed E-state index contributed by atoms with van der Waals surface area (Å²) in [4.78, 5) is 1.27. The molecule has 0 bridgehead atoms. The van der Waals surface area contributed by atoms with Crippen LogP contribution in [0.2, 0.25) is 0 Å². The highest BCUT2D eigenvalue weighted by molar-refractivity contribution is 9.10. The van der Waals surface area contributed by atoms with Gasteiger partial charge in [0.05, 0.1) is 6.61 Å². The standard InChI is InChI=1S/C12H18BrNOS/c1-2-14-11(9-15)7-8-16-12-5-3-10(13)4-6-12/h3-6,11,14-15H,2,7-9H2,1H3. The Morgan fingerprint density at radius 2 is 2.06 bits per heavy atom. The van der Waals surface area contributed by atoms with E-state index in [1.54, 1.807) is 0 Å². The molecule has 1 aromatic rings. The second-order valence-electron chi connectivity index (χ2n) is 3.53. The summed E-state index contributed by atoms with van der Waals surface area (Å²) < 4.78 is 1.11. The van der Waals surface area contributed by atoms with E-state index in [9.17, 15) is 0 Å². The van der Waals surface area contributed by atoms with Crippen LogP contribution in [0.4, 0.5) is 0 Å². The number of aliphatic hydroxyl groups is 1. The Bertz CT molecular complexity index is 292. The molecule has 4 heteroatoms. The minimum Gasteiger partial charge on any atom is -0.395 e. The van der Waals surface area contributed by atoms with Crippen molar-refractivity contribution in [2.75, 3.05) is 18.9 Å². The maximum Gasteiger partial charge on any atom is 0.0584 e. The zero-order chi connectivity index (χ0) is 11.8. The van der Waals surface area contributed by atoms with Crippen molar-refractivity contribution in [1.82, 2.24) is 5.32 Å². The van der Waals surface area contributed by atoms with E-state index in [2.05, 4.69) is 52.4 Å². The summed E-state index contributed by atoms with van der Waals surface area (Å²) in [5.74, 6) is 1.03. The topological polar surface area (TPSA) is 32.3 Å². The summed E-state index contributed by atoms with van der Waals surface area (Å²) in [6.07, 6.45) is 0.991. The van der Waals surface area contributed by atoms with Crippen molar-refractivity contribution < 1.29 is 5.11 Å². The Morgan fingerprint density at radius 1 is 1.38 bits per heavy atom. The molecule has 0 spiro atoms. The van der Waals surface area contributed by atoms with E-state index >= 15 is 0 Å². The maximum absolute atomic E-state index is 9.11. The number of hydrogen-bond donors (Lipinski definition) is 2. The van der Waals surface area contributed by atoms with E-state index in [-0.39, 0.29) is 12.6 Å². The fraction of sp³-hybridized carbons (Fsp3) is 0.500. The summed E-state index contributed by atoms with van der Waals surface area (Å²) in [7, 11) is 0. The summed E-state index contributed by atoms with van der Waals surface area (Å²) in [6.45, 7) is 3.19. The van der Waals surface area contributed by atoms with Crippen molar-refractivity contribution in [3.05, 3.63) is 28.7 Å². The smallest absolute Gasteiger partial charge is 0.0584 e. The molecule has 1 aromatic carbocycles. The molecule has 0 amide bonds. The van der Waals surface area contributed by atoms with Crippen molar-refractivity contribution >= 4 is 27.7 Å². The highest BCUT2D eigenvalue weighted by Gasteiger charge is 2.05. The molecule has 1 rings (SSSR count). The van der Waals surface area contributed by atoms with Crippen molar-refractivity contribution in [3.63, 3.8) is 0 Å². The number of thioether (sulfide) groups is 1. The Labute approximate surface area is 110 Å². The molecular formula is C12H18BrNOS. The van der Waals surface area contributed by atoms with Crippen LogP contribution in [0.15, 0.2) is 33.6 Å². The largest absolute Gasteiger partial charge is 0.395 e. The third-order valence-electron chi connectivity index (χ3n) is 2.26. The number of nitrogens with one attached hydrogen (secondary N) is 1. The first kappa shape index (κ1) is 14.0.